The Morgan fingerprint density at radius 3 is 2.50 bits per heavy atom. The van der Waals surface area contributed by atoms with E-state index in [1.54, 1.807) is 11.1 Å². The predicted octanol–water partition coefficient (Wildman–Crippen LogP) is 5.84. The summed E-state index contributed by atoms with van der Waals surface area (Å²) in [6, 6.07) is 19.9. The average molecular weight is 458 g/mol. The van der Waals surface area contributed by atoms with Gasteiger partial charge in [-0.1, -0.05) is 36.4 Å². The Hall–Kier alpha value is -2.17. The molecule has 3 nitrogen and oxygen atoms in total. The van der Waals surface area contributed by atoms with Gasteiger partial charge in [0.05, 0.1) is 18.8 Å². The van der Waals surface area contributed by atoms with Crippen molar-refractivity contribution in [1.29, 1.82) is 0 Å². The number of halogens is 1. The maximum atomic E-state index is 12.4. The monoisotopic (exact) mass is 457 g/mol. The van der Waals surface area contributed by atoms with Crippen LogP contribution in [-0.2, 0) is 6.42 Å². The minimum atomic E-state index is -0.210. The lowest BCUT2D eigenvalue weighted by Gasteiger charge is -2.70. The molecule has 178 valence electrons. The summed E-state index contributed by atoms with van der Waals surface area (Å²) >= 11 is 0. The van der Waals surface area contributed by atoms with E-state index < -0.39 is 0 Å². The van der Waals surface area contributed by atoms with Crippen LogP contribution >= 0.6 is 0 Å². The number of anilines is 1. The lowest BCUT2D eigenvalue weighted by atomic mass is 9.48. The minimum absolute atomic E-state index is 0.210. The largest absolute Gasteiger partial charge is 0.380 e. The third-order valence-corrected chi connectivity index (χ3v) is 9.41. The number of nitrogens with one attached hydrogen (secondary N) is 1. The van der Waals surface area contributed by atoms with E-state index >= 15 is 0 Å². The van der Waals surface area contributed by atoms with Gasteiger partial charge in [0.25, 0.3) is 0 Å². The molecule has 2 bridgehead atoms. The van der Waals surface area contributed by atoms with Gasteiger partial charge in [-0.25, -0.2) is 0 Å². The van der Waals surface area contributed by atoms with Gasteiger partial charge in [0, 0.05) is 36.9 Å². The van der Waals surface area contributed by atoms with E-state index in [0.29, 0.717) is 30.1 Å². The van der Waals surface area contributed by atoms with Crippen molar-refractivity contribution in [3.63, 3.8) is 0 Å². The van der Waals surface area contributed by atoms with Crippen molar-refractivity contribution in [2.75, 3.05) is 31.6 Å². The van der Waals surface area contributed by atoms with E-state index in [-0.39, 0.29) is 6.67 Å². The highest BCUT2D eigenvalue weighted by molar-refractivity contribution is 5.79. The van der Waals surface area contributed by atoms with Crippen LogP contribution in [0.2, 0.25) is 0 Å². The summed E-state index contributed by atoms with van der Waals surface area (Å²) in [5, 5.41) is 3.69. The topological polar surface area (TPSA) is 18.5 Å². The van der Waals surface area contributed by atoms with E-state index in [1.165, 1.54) is 48.1 Å². The minimum Gasteiger partial charge on any atom is -0.380 e. The van der Waals surface area contributed by atoms with Crippen molar-refractivity contribution in [1.82, 2.24) is 9.80 Å². The summed E-state index contributed by atoms with van der Waals surface area (Å²) in [6.07, 6.45) is 7.17. The number of nitrogens with zero attached hydrogens (tertiary/aromatic N) is 2. The highest BCUT2D eigenvalue weighted by Crippen LogP contribution is 2.65. The average Bonchev–Trinajstić information content (AvgIpc) is 3.12. The van der Waals surface area contributed by atoms with E-state index in [0.717, 1.165) is 32.0 Å². The van der Waals surface area contributed by atoms with Crippen molar-refractivity contribution in [3.8, 4) is 0 Å². The van der Waals surface area contributed by atoms with Crippen molar-refractivity contribution in [3.05, 3.63) is 70.8 Å². The molecule has 2 aromatic carbocycles. The van der Waals surface area contributed by atoms with Gasteiger partial charge in [0.2, 0.25) is 0 Å². The lowest BCUT2D eigenvalue weighted by Crippen LogP contribution is -2.71. The Balaban J connectivity index is 1.15. The van der Waals surface area contributed by atoms with Crippen molar-refractivity contribution in [2.45, 2.75) is 69.1 Å². The fourth-order valence-corrected chi connectivity index (χ4v) is 7.75. The highest BCUT2D eigenvalue weighted by atomic mass is 19.1. The molecule has 0 aromatic heterocycles. The first-order chi connectivity index (χ1) is 16.6. The second-order valence-electron chi connectivity index (χ2n) is 11.7. The van der Waals surface area contributed by atoms with Gasteiger partial charge in [0.1, 0.15) is 0 Å². The number of fused-ring (bicyclic) bond motifs is 2. The van der Waals surface area contributed by atoms with Gasteiger partial charge >= 0.3 is 0 Å². The molecule has 8 rings (SSSR count). The fourth-order valence-electron chi connectivity index (χ4n) is 7.75. The molecular formula is C30H36FN3. The Bertz CT molecular complexity index is 1100. The standard InChI is InChI=1S/C30H36FN3/c1-20-13-27-26-6-3-2-5-23(26)14-28(27)29(34(20)30-15-21(16-30)17-30)22-7-9-24(10-8-22)32-25-18-33(19-25)12-4-11-31/h2-3,5-10,20-21,25,29,32H,4,11-19H2,1H3/t20-,21?,29-,30?/m1/s1. The van der Waals surface area contributed by atoms with Crippen LogP contribution in [-0.4, -0.2) is 53.7 Å². The molecular weight excluding hydrogens is 421 g/mol. The molecule has 4 aliphatic carbocycles. The van der Waals surface area contributed by atoms with Gasteiger partial charge in [-0.2, -0.15) is 0 Å². The maximum absolute atomic E-state index is 12.4. The Morgan fingerprint density at radius 2 is 1.79 bits per heavy atom. The van der Waals surface area contributed by atoms with Crippen molar-refractivity contribution < 1.29 is 4.39 Å². The molecule has 4 fully saturated rings. The molecule has 2 heterocycles. The zero-order chi connectivity index (χ0) is 22.9. The quantitative estimate of drug-likeness (QED) is 0.563. The first-order valence-electron chi connectivity index (χ1n) is 13.4. The zero-order valence-corrected chi connectivity index (χ0v) is 20.3. The number of hydrogen-bond acceptors (Lipinski definition) is 3. The van der Waals surface area contributed by atoms with Crippen LogP contribution in [0.15, 0.2) is 54.1 Å². The van der Waals surface area contributed by atoms with Gasteiger partial charge in [0.15, 0.2) is 0 Å². The van der Waals surface area contributed by atoms with E-state index in [9.17, 15) is 4.39 Å². The summed E-state index contributed by atoms with van der Waals surface area (Å²) in [4.78, 5) is 5.28. The summed E-state index contributed by atoms with van der Waals surface area (Å²) in [7, 11) is 0. The van der Waals surface area contributed by atoms with Crippen LogP contribution in [0.5, 0.6) is 0 Å². The summed E-state index contributed by atoms with van der Waals surface area (Å²) < 4.78 is 12.4. The zero-order valence-electron chi connectivity index (χ0n) is 20.3. The second-order valence-corrected chi connectivity index (χ2v) is 11.7. The number of hydrogen-bond donors (Lipinski definition) is 1. The molecule has 0 unspecified atom stereocenters. The number of likely N-dealkylation sites (tertiary alicyclic amines) is 1. The van der Waals surface area contributed by atoms with Crippen LogP contribution in [0.1, 0.15) is 61.8 Å². The van der Waals surface area contributed by atoms with E-state index in [1.807, 2.05) is 0 Å². The molecule has 3 saturated carbocycles. The first kappa shape index (κ1) is 21.1. The lowest BCUT2D eigenvalue weighted by molar-refractivity contribution is -0.173. The van der Waals surface area contributed by atoms with Crippen LogP contribution in [0.3, 0.4) is 0 Å². The molecule has 4 heteroatoms. The molecule has 6 aliphatic rings. The molecule has 2 aliphatic heterocycles. The normalized spacial score (nSPS) is 32.5. The Morgan fingerprint density at radius 1 is 1.03 bits per heavy atom. The molecule has 0 amide bonds. The molecule has 1 N–H and O–H groups in total. The second kappa shape index (κ2) is 7.93. The van der Waals surface area contributed by atoms with Gasteiger partial charge in [-0.05, 0) is 91.3 Å². The summed E-state index contributed by atoms with van der Waals surface area (Å²) in [6.45, 7) is 5.19. The van der Waals surface area contributed by atoms with Crippen LogP contribution < -0.4 is 5.32 Å². The Labute approximate surface area is 203 Å². The van der Waals surface area contributed by atoms with Crippen molar-refractivity contribution in [2.24, 2.45) is 5.92 Å². The van der Waals surface area contributed by atoms with Crippen LogP contribution in [0, 0.1) is 5.92 Å². The highest BCUT2D eigenvalue weighted by Gasteiger charge is 2.63. The molecule has 1 saturated heterocycles. The van der Waals surface area contributed by atoms with E-state index in [4.69, 9.17) is 0 Å². The molecule has 2 aromatic rings. The molecule has 0 radical (unpaired) electrons. The number of rotatable bonds is 7. The predicted molar refractivity (Wildman–Crippen MR) is 137 cm³/mol. The summed E-state index contributed by atoms with van der Waals surface area (Å²) in [5.74, 6) is 0.988. The molecule has 34 heavy (non-hydrogen) atoms. The van der Waals surface area contributed by atoms with E-state index in [2.05, 4.69) is 70.6 Å². The van der Waals surface area contributed by atoms with Gasteiger partial charge < -0.3 is 5.32 Å². The van der Waals surface area contributed by atoms with Crippen LogP contribution in [0.4, 0.5) is 10.1 Å². The SMILES string of the molecule is C[C@@H]1CC2=C(Cc3ccccc32)[C@@H](c2ccc(NC3CN(CCCF)C3)cc2)N1C12CC(C1)C2. The number of alkyl halides is 1. The third-order valence-electron chi connectivity index (χ3n) is 9.41. The fraction of sp³-hybridized carbons (Fsp3) is 0.533. The Kier molecular flexibility index (Phi) is 4.93. The number of benzene rings is 2. The molecule has 0 spiro atoms. The smallest absolute Gasteiger partial charge is 0.0906 e. The van der Waals surface area contributed by atoms with Gasteiger partial charge in [-0.15, -0.1) is 0 Å². The van der Waals surface area contributed by atoms with Gasteiger partial charge in [-0.3, -0.25) is 14.2 Å². The van der Waals surface area contributed by atoms with Crippen LogP contribution in [0.25, 0.3) is 5.57 Å². The third kappa shape index (κ3) is 3.21. The first-order valence-corrected chi connectivity index (χ1v) is 13.4. The maximum Gasteiger partial charge on any atom is 0.0906 e. The summed E-state index contributed by atoms with van der Waals surface area (Å²) in [5.41, 5.74) is 9.43. The molecule has 2 atom stereocenters. The van der Waals surface area contributed by atoms with Crippen molar-refractivity contribution >= 4 is 11.3 Å².